The van der Waals surface area contributed by atoms with E-state index in [4.69, 9.17) is 0 Å². The van der Waals surface area contributed by atoms with Crippen LogP contribution in [0.1, 0.15) is 40.4 Å². The number of nitrogens with zero attached hydrogens (tertiary/aromatic N) is 2. The summed E-state index contributed by atoms with van der Waals surface area (Å²) in [5, 5.41) is 2.77. The molecule has 1 aliphatic heterocycles. The van der Waals surface area contributed by atoms with Crippen LogP contribution in [0.25, 0.3) is 0 Å². The molecule has 148 valence electrons. The highest BCUT2D eigenvalue weighted by Crippen LogP contribution is 2.15. The first kappa shape index (κ1) is 20.1. The van der Waals surface area contributed by atoms with Gasteiger partial charge >= 0.3 is 0 Å². The van der Waals surface area contributed by atoms with E-state index in [0.29, 0.717) is 12.1 Å². The van der Waals surface area contributed by atoms with Crippen LogP contribution in [-0.2, 0) is 17.9 Å². The Labute approximate surface area is 167 Å². The Balaban J connectivity index is 1.56. The molecule has 0 atom stereocenters. The lowest BCUT2D eigenvalue weighted by Crippen LogP contribution is -2.35. The van der Waals surface area contributed by atoms with Crippen molar-refractivity contribution in [2.24, 2.45) is 0 Å². The quantitative estimate of drug-likeness (QED) is 0.869. The molecule has 5 nitrogen and oxygen atoms in total. The van der Waals surface area contributed by atoms with E-state index in [2.05, 4.69) is 41.4 Å². The predicted molar refractivity (Wildman–Crippen MR) is 111 cm³/mol. The van der Waals surface area contributed by atoms with Crippen molar-refractivity contribution in [3.8, 4) is 0 Å². The van der Waals surface area contributed by atoms with E-state index in [1.54, 1.807) is 0 Å². The number of carbonyl (C=O) groups is 2. The topological polar surface area (TPSA) is 52.7 Å². The smallest absolute Gasteiger partial charge is 0.253 e. The fourth-order valence-electron chi connectivity index (χ4n) is 3.53. The van der Waals surface area contributed by atoms with E-state index in [0.717, 1.165) is 44.7 Å². The van der Waals surface area contributed by atoms with Crippen molar-refractivity contribution in [1.29, 1.82) is 0 Å². The van der Waals surface area contributed by atoms with Gasteiger partial charge in [0.2, 0.25) is 5.91 Å². The SMILES string of the molecule is CC(=O)NCc1ccc(C(=O)N2CCCN(Cc3ccccc3C)CC2)cc1. The number of rotatable bonds is 5. The maximum Gasteiger partial charge on any atom is 0.253 e. The third-order valence-electron chi connectivity index (χ3n) is 5.27. The molecule has 1 N–H and O–H groups in total. The van der Waals surface area contributed by atoms with Gasteiger partial charge in [-0.2, -0.15) is 0 Å². The minimum Gasteiger partial charge on any atom is -0.352 e. The summed E-state index contributed by atoms with van der Waals surface area (Å²) in [5.74, 6) is 0.0313. The molecule has 1 saturated heterocycles. The third-order valence-corrected chi connectivity index (χ3v) is 5.27. The van der Waals surface area contributed by atoms with Crippen LogP contribution in [0, 0.1) is 6.92 Å². The molecular weight excluding hydrogens is 350 g/mol. The van der Waals surface area contributed by atoms with Crippen LogP contribution >= 0.6 is 0 Å². The van der Waals surface area contributed by atoms with E-state index in [1.807, 2.05) is 29.2 Å². The monoisotopic (exact) mass is 379 g/mol. The van der Waals surface area contributed by atoms with Crippen molar-refractivity contribution in [3.05, 3.63) is 70.8 Å². The van der Waals surface area contributed by atoms with Gasteiger partial charge in [-0.15, -0.1) is 0 Å². The molecule has 0 aliphatic carbocycles. The average Bonchev–Trinajstić information content (AvgIpc) is 2.93. The fraction of sp³-hybridized carbons (Fsp3) is 0.391. The summed E-state index contributed by atoms with van der Waals surface area (Å²) >= 11 is 0. The van der Waals surface area contributed by atoms with Gasteiger partial charge in [0.1, 0.15) is 0 Å². The lowest BCUT2D eigenvalue weighted by molar-refractivity contribution is -0.119. The summed E-state index contributed by atoms with van der Waals surface area (Å²) < 4.78 is 0. The Kier molecular flexibility index (Phi) is 6.82. The molecule has 0 spiro atoms. The van der Waals surface area contributed by atoms with Gasteiger partial charge in [0.15, 0.2) is 0 Å². The molecule has 28 heavy (non-hydrogen) atoms. The summed E-state index contributed by atoms with van der Waals surface area (Å²) in [7, 11) is 0. The predicted octanol–water partition coefficient (Wildman–Crippen LogP) is 2.98. The second kappa shape index (κ2) is 9.51. The van der Waals surface area contributed by atoms with Gasteiger partial charge in [-0.3, -0.25) is 14.5 Å². The van der Waals surface area contributed by atoms with Crippen molar-refractivity contribution in [1.82, 2.24) is 15.1 Å². The van der Waals surface area contributed by atoms with Gasteiger partial charge < -0.3 is 10.2 Å². The first-order valence-corrected chi connectivity index (χ1v) is 9.92. The Bertz CT molecular complexity index is 817. The van der Waals surface area contributed by atoms with Gasteiger partial charge in [0.05, 0.1) is 0 Å². The van der Waals surface area contributed by atoms with Gasteiger partial charge in [-0.05, 0) is 42.2 Å². The molecule has 0 unspecified atom stereocenters. The average molecular weight is 380 g/mol. The van der Waals surface area contributed by atoms with Gasteiger partial charge in [0, 0.05) is 51.8 Å². The minimum atomic E-state index is -0.0556. The zero-order valence-corrected chi connectivity index (χ0v) is 16.8. The molecule has 1 heterocycles. The highest BCUT2D eigenvalue weighted by molar-refractivity contribution is 5.94. The summed E-state index contributed by atoms with van der Waals surface area (Å²) in [5.41, 5.74) is 4.38. The molecule has 0 radical (unpaired) electrons. The minimum absolute atomic E-state index is 0.0556. The highest BCUT2D eigenvalue weighted by Gasteiger charge is 2.20. The Hall–Kier alpha value is -2.66. The maximum absolute atomic E-state index is 12.9. The zero-order valence-electron chi connectivity index (χ0n) is 16.8. The summed E-state index contributed by atoms with van der Waals surface area (Å²) in [6.07, 6.45) is 0.984. The maximum atomic E-state index is 12.9. The standard InChI is InChI=1S/C23H29N3O2/c1-18-6-3-4-7-22(18)17-25-12-5-13-26(15-14-25)23(28)21-10-8-20(9-11-21)16-24-19(2)27/h3-4,6-11H,5,12-17H2,1-2H3,(H,24,27). The second-order valence-electron chi connectivity index (χ2n) is 7.46. The van der Waals surface area contributed by atoms with Crippen LogP contribution in [0.4, 0.5) is 0 Å². The molecule has 2 amide bonds. The van der Waals surface area contributed by atoms with Crippen molar-refractivity contribution >= 4 is 11.8 Å². The lowest BCUT2D eigenvalue weighted by atomic mass is 10.1. The number of hydrogen-bond acceptors (Lipinski definition) is 3. The Morgan fingerprint density at radius 3 is 2.43 bits per heavy atom. The van der Waals surface area contributed by atoms with Crippen molar-refractivity contribution in [3.63, 3.8) is 0 Å². The number of carbonyl (C=O) groups excluding carboxylic acids is 2. The fourth-order valence-corrected chi connectivity index (χ4v) is 3.53. The largest absolute Gasteiger partial charge is 0.352 e. The van der Waals surface area contributed by atoms with Crippen molar-refractivity contribution in [2.75, 3.05) is 26.2 Å². The molecule has 1 aliphatic rings. The second-order valence-corrected chi connectivity index (χ2v) is 7.46. The van der Waals surface area contributed by atoms with Crippen molar-refractivity contribution < 1.29 is 9.59 Å². The van der Waals surface area contributed by atoms with Crippen molar-refractivity contribution in [2.45, 2.75) is 33.4 Å². The first-order chi connectivity index (χ1) is 13.5. The Morgan fingerprint density at radius 1 is 0.964 bits per heavy atom. The molecule has 5 heteroatoms. The van der Waals surface area contributed by atoms with Gasteiger partial charge in [0.25, 0.3) is 5.91 Å². The molecule has 1 fully saturated rings. The molecule has 2 aromatic rings. The Morgan fingerprint density at radius 2 is 1.71 bits per heavy atom. The number of benzene rings is 2. The van der Waals surface area contributed by atoms with Crippen LogP contribution in [0.15, 0.2) is 48.5 Å². The molecule has 3 rings (SSSR count). The molecule has 0 aromatic heterocycles. The third kappa shape index (κ3) is 5.42. The molecular formula is C23H29N3O2. The normalized spacial score (nSPS) is 15.1. The summed E-state index contributed by atoms with van der Waals surface area (Å²) in [6.45, 7) is 8.51. The molecule has 0 saturated carbocycles. The number of aryl methyl sites for hydroxylation is 1. The summed E-state index contributed by atoms with van der Waals surface area (Å²) in [4.78, 5) is 28.3. The van der Waals surface area contributed by atoms with Crippen LogP contribution in [0.3, 0.4) is 0 Å². The molecule has 0 bridgehead atoms. The van der Waals surface area contributed by atoms with E-state index in [-0.39, 0.29) is 11.8 Å². The number of hydrogen-bond donors (Lipinski definition) is 1. The van der Waals surface area contributed by atoms with E-state index >= 15 is 0 Å². The van der Waals surface area contributed by atoms with Gasteiger partial charge in [-0.1, -0.05) is 36.4 Å². The molecule has 2 aromatic carbocycles. The van der Waals surface area contributed by atoms with Gasteiger partial charge in [-0.25, -0.2) is 0 Å². The first-order valence-electron chi connectivity index (χ1n) is 9.92. The zero-order chi connectivity index (χ0) is 19.9. The van der Waals surface area contributed by atoms with E-state index < -0.39 is 0 Å². The van der Waals surface area contributed by atoms with Crippen LogP contribution in [0.2, 0.25) is 0 Å². The number of amides is 2. The number of nitrogens with one attached hydrogen (secondary N) is 1. The van der Waals surface area contributed by atoms with E-state index in [1.165, 1.54) is 18.1 Å². The van der Waals surface area contributed by atoms with E-state index in [9.17, 15) is 9.59 Å². The van der Waals surface area contributed by atoms with Crippen LogP contribution < -0.4 is 5.32 Å². The van der Waals surface area contributed by atoms with Crippen LogP contribution in [0.5, 0.6) is 0 Å². The summed E-state index contributed by atoms with van der Waals surface area (Å²) in [6, 6.07) is 16.0. The van der Waals surface area contributed by atoms with Crippen LogP contribution in [-0.4, -0.2) is 47.8 Å². The highest BCUT2D eigenvalue weighted by atomic mass is 16.2. The lowest BCUT2D eigenvalue weighted by Gasteiger charge is -2.22.